The second-order valence-electron chi connectivity index (χ2n) is 5.18. The van der Waals surface area contributed by atoms with E-state index < -0.39 is 10.5 Å². The first-order chi connectivity index (χ1) is 8.91. The van der Waals surface area contributed by atoms with E-state index in [0.717, 1.165) is 25.7 Å². The van der Waals surface area contributed by atoms with Gasteiger partial charge in [-0.25, -0.2) is 0 Å². The Bertz CT molecular complexity index is 487. The Morgan fingerprint density at radius 1 is 1.47 bits per heavy atom. The van der Waals surface area contributed by atoms with E-state index in [0.29, 0.717) is 16.7 Å². The van der Waals surface area contributed by atoms with Crippen LogP contribution in [0, 0.1) is 10.1 Å². The molecule has 0 amide bonds. The van der Waals surface area contributed by atoms with E-state index in [1.165, 1.54) is 6.07 Å². The predicted octanol–water partition coefficient (Wildman–Crippen LogP) is 3.10. The molecule has 2 rings (SSSR count). The molecule has 1 saturated carbocycles. The molecule has 0 bridgehead atoms. The lowest BCUT2D eigenvalue weighted by molar-refractivity contribution is -0.384. The highest BCUT2D eigenvalue weighted by Gasteiger charge is 2.33. The Balaban J connectivity index is 2.23. The van der Waals surface area contributed by atoms with Crippen LogP contribution in [0.15, 0.2) is 22.7 Å². The van der Waals surface area contributed by atoms with Crippen LogP contribution in [0.4, 0.5) is 11.4 Å². The molecule has 1 aromatic carbocycles. The molecule has 0 atom stereocenters. The lowest BCUT2D eigenvalue weighted by Gasteiger charge is -2.29. The van der Waals surface area contributed by atoms with Crippen LogP contribution in [-0.2, 0) is 0 Å². The van der Waals surface area contributed by atoms with Crippen LogP contribution >= 0.6 is 15.9 Å². The van der Waals surface area contributed by atoms with Crippen molar-refractivity contribution in [3.05, 3.63) is 32.8 Å². The van der Waals surface area contributed by atoms with Gasteiger partial charge in [-0.2, -0.15) is 0 Å². The van der Waals surface area contributed by atoms with Crippen LogP contribution in [0.25, 0.3) is 0 Å². The van der Waals surface area contributed by atoms with Gasteiger partial charge in [0, 0.05) is 24.1 Å². The average molecular weight is 329 g/mol. The normalized spacial score (nSPS) is 17.4. The minimum absolute atomic E-state index is 0.0541. The summed E-state index contributed by atoms with van der Waals surface area (Å²) in [4.78, 5) is 12.5. The zero-order valence-electron chi connectivity index (χ0n) is 10.8. The molecule has 0 radical (unpaired) electrons. The van der Waals surface area contributed by atoms with Crippen LogP contribution in [0.2, 0.25) is 0 Å². The molecular weight excluding hydrogens is 312 g/mol. The van der Waals surface area contributed by atoms with Crippen LogP contribution in [-0.4, -0.2) is 29.2 Å². The third-order valence-corrected chi connectivity index (χ3v) is 4.10. The third kappa shape index (κ3) is 3.25. The molecule has 0 saturated heterocycles. The number of hydrogen-bond acceptors (Lipinski definition) is 4. The maximum atomic E-state index is 11.1. The van der Waals surface area contributed by atoms with Crippen molar-refractivity contribution in [1.82, 2.24) is 0 Å². The number of rotatable bonds is 4. The van der Waals surface area contributed by atoms with Crippen molar-refractivity contribution >= 4 is 27.3 Å². The first-order valence-corrected chi connectivity index (χ1v) is 7.08. The highest BCUT2D eigenvalue weighted by atomic mass is 79.9. The summed E-state index contributed by atoms with van der Waals surface area (Å²) in [6.07, 6.45) is 3.57. The molecule has 1 fully saturated rings. The lowest BCUT2D eigenvalue weighted by Crippen LogP contribution is -2.39. The van der Waals surface area contributed by atoms with E-state index >= 15 is 0 Å². The Kier molecular flexibility index (Phi) is 4.10. The molecule has 1 aliphatic carbocycles. The summed E-state index contributed by atoms with van der Waals surface area (Å²) in [6.45, 7) is 0.426. The van der Waals surface area contributed by atoms with Crippen molar-refractivity contribution in [2.45, 2.75) is 31.3 Å². The Hall–Kier alpha value is -1.14. The molecule has 5 nitrogen and oxygen atoms in total. The van der Waals surface area contributed by atoms with Crippen molar-refractivity contribution in [2.24, 2.45) is 0 Å². The molecule has 104 valence electrons. The van der Waals surface area contributed by atoms with Gasteiger partial charge >= 0.3 is 0 Å². The largest absolute Gasteiger partial charge is 0.388 e. The number of halogens is 1. The standard InChI is InChI=1S/C13H17BrN2O3/c1-15(9-13(17)6-2-3-7-13)11-5-4-10(14)8-12(11)16(18)19/h4-5,8,17H,2-3,6-7,9H2,1H3. The number of aliphatic hydroxyl groups is 1. The van der Waals surface area contributed by atoms with Crippen molar-refractivity contribution in [2.75, 3.05) is 18.5 Å². The number of nitrogens with zero attached hydrogens (tertiary/aromatic N) is 2. The number of benzene rings is 1. The summed E-state index contributed by atoms with van der Waals surface area (Å²) in [5.74, 6) is 0. The number of hydrogen-bond donors (Lipinski definition) is 1. The zero-order chi connectivity index (χ0) is 14.0. The minimum Gasteiger partial charge on any atom is -0.388 e. The van der Waals surface area contributed by atoms with Gasteiger partial charge in [0.15, 0.2) is 0 Å². The lowest BCUT2D eigenvalue weighted by atomic mass is 10.0. The summed E-state index contributed by atoms with van der Waals surface area (Å²) in [7, 11) is 1.78. The van der Waals surface area contributed by atoms with Gasteiger partial charge in [0.25, 0.3) is 5.69 Å². The Morgan fingerprint density at radius 3 is 2.68 bits per heavy atom. The van der Waals surface area contributed by atoms with Crippen LogP contribution < -0.4 is 4.90 Å². The minimum atomic E-state index is -0.713. The van der Waals surface area contributed by atoms with E-state index in [1.807, 2.05) is 0 Å². The molecule has 0 unspecified atom stereocenters. The van der Waals surface area contributed by atoms with E-state index in [2.05, 4.69) is 15.9 Å². The molecule has 1 aliphatic rings. The number of nitro benzene ring substituents is 1. The van der Waals surface area contributed by atoms with Gasteiger partial charge in [-0.1, -0.05) is 28.8 Å². The summed E-state index contributed by atoms with van der Waals surface area (Å²) in [5, 5.41) is 21.5. The van der Waals surface area contributed by atoms with Gasteiger partial charge in [0.2, 0.25) is 0 Å². The molecule has 6 heteroatoms. The van der Waals surface area contributed by atoms with Gasteiger partial charge in [0.1, 0.15) is 5.69 Å². The third-order valence-electron chi connectivity index (χ3n) is 3.61. The fourth-order valence-electron chi connectivity index (χ4n) is 2.68. The van der Waals surface area contributed by atoms with Gasteiger partial charge < -0.3 is 10.0 Å². The van der Waals surface area contributed by atoms with Crippen LogP contribution in [0.3, 0.4) is 0 Å². The number of likely N-dealkylation sites (N-methyl/N-ethyl adjacent to an activating group) is 1. The molecule has 19 heavy (non-hydrogen) atoms. The monoisotopic (exact) mass is 328 g/mol. The predicted molar refractivity (Wildman–Crippen MR) is 77.5 cm³/mol. The van der Waals surface area contributed by atoms with Gasteiger partial charge in [-0.3, -0.25) is 10.1 Å². The second kappa shape index (κ2) is 5.46. The smallest absolute Gasteiger partial charge is 0.293 e. The van der Waals surface area contributed by atoms with Crippen molar-refractivity contribution in [1.29, 1.82) is 0 Å². The van der Waals surface area contributed by atoms with Crippen LogP contribution in [0.1, 0.15) is 25.7 Å². The van der Waals surface area contributed by atoms with E-state index in [-0.39, 0.29) is 5.69 Å². The van der Waals surface area contributed by atoms with E-state index in [4.69, 9.17) is 0 Å². The maximum Gasteiger partial charge on any atom is 0.293 e. The van der Waals surface area contributed by atoms with Gasteiger partial charge in [0.05, 0.1) is 10.5 Å². The molecular formula is C13H17BrN2O3. The van der Waals surface area contributed by atoms with Gasteiger partial charge in [-0.05, 0) is 25.0 Å². The fraction of sp³-hybridized carbons (Fsp3) is 0.538. The van der Waals surface area contributed by atoms with Crippen LogP contribution in [0.5, 0.6) is 0 Å². The van der Waals surface area contributed by atoms with E-state index in [9.17, 15) is 15.2 Å². The first-order valence-electron chi connectivity index (χ1n) is 6.29. The SMILES string of the molecule is CN(CC1(O)CCCC1)c1ccc(Br)cc1[N+](=O)[O-]. The van der Waals surface area contributed by atoms with Crippen molar-refractivity contribution in [3.63, 3.8) is 0 Å². The van der Waals surface area contributed by atoms with Crippen molar-refractivity contribution < 1.29 is 10.0 Å². The maximum absolute atomic E-state index is 11.1. The highest BCUT2D eigenvalue weighted by Crippen LogP contribution is 2.35. The summed E-state index contributed by atoms with van der Waals surface area (Å²) >= 11 is 3.24. The molecule has 1 N–H and O–H groups in total. The molecule has 0 heterocycles. The van der Waals surface area contributed by atoms with Crippen molar-refractivity contribution in [3.8, 4) is 0 Å². The molecule has 0 spiro atoms. The Labute approximate surface area is 120 Å². The molecule has 0 aromatic heterocycles. The highest BCUT2D eigenvalue weighted by molar-refractivity contribution is 9.10. The second-order valence-corrected chi connectivity index (χ2v) is 6.09. The topological polar surface area (TPSA) is 66.6 Å². The summed E-state index contributed by atoms with van der Waals surface area (Å²) in [6, 6.07) is 4.97. The Morgan fingerprint density at radius 2 is 2.11 bits per heavy atom. The first kappa shape index (κ1) is 14.3. The summed E-state index contributed by atoms with van der Waals surface area (Å²) < 4.78 is 0.677. The fourth-order valence-corrected chi connectivity index (χ4v) is 3.03. The quantitative estimate of drug-likeness (QED) is 0.681. The zero-order valence-corrected chi connectivity index (χ0v) is 12.4. The number of nitro groups is 1. The van der Waals surface area contributed by atoms with Gasteiger partial charge in [-0.15, -0.1) is 0 Å². The molecule has 0 aliphatic heterocycles. The average Bonchev–Trinajstić information content (AvgIpc) is 2.75. The molecule has 1 aromatic rings. The number of anilines is 1. The summed E-state index contributed by atoms with van der Waals surface area (Å²) in [5.41, 5.74) is -0.123. The van der Waals surface area contributed by atoms with E-state index in [1.54, 1.807) is 24.1 Å².